The van der Waals surface area contributed by atoms with Crippen LogP contribution in [0, 0.1) is 0 Å². The highest BCUT2D eigenvalue weighted by Crippen LogP contribution is 2.30. The molecule has 2 aromatic carbocycles. The maximum absolute atomic E-state index is 12.2. The van der Waals surface area contributed by atoms with Gasteiger partial charge in [0, 0.05) is 38.2 Å². The Hall–Kier alpha value is -3.82. The van der Waals surface area contributed by atoms with E-state index in [9.17, 15) is 9.59 Å². The Kier molecular flexibility index (Phi) is 8.66. The zero-order valence-electron chi connectivity index (χ0n) is 19.3. The number of aldehydes is 1. The lowest BCUT2D eigenvalue weighted by Crippen LogP contribution is -2.42. The fraction of sp³-hybridized carbons (Fsp3) is 0.280. The number of nitrogens with one attached hydrogen (secondary N) is 2. The molecule has 1 amide bonds. The van der Waals surface area contributed by atoms with Crippen molar-refractivity contribution in [3.63, 3.8) is 0 Å². The van der Waals surface area contributed by atoms with Gasteiger partial charge in [-0.2, -0.15) is 0 Å². The SMILES string of the molecule is COc1ccccc1C(C=O)(CNCCc1ccc(CNC(=O)c2nccnc2N)cc1)OC. The summed E-state index contributed by atoms with van der Waals surface area (Å²) in [6.07, 6.45) is 4.42. The first-order chi connectivity index (χ1) is 16.5. The molecular weight excluding hydrogens is 434 g/mol. The van der Waals surface area contributed by atoms with Gasteiger partial charge in [-0.1, -0.05) is 42.5 Å². The zero-order chi connectivity index (χ0) is 24.4. The van der Waals surface area contributed by atoms with Crippen LogP contribution in [0.2, 0.25) is 0 Å². The van der Waals surface area contributed by atoms with Crippen LogP contribution < -0.4 is 21.1 Å². The topological polar surface area (TPSA) is 128 Å². The summed E-state index contributed by atoms with van der Waals surface area (Å²) >= 11 is 0. The highest BCUT2D eigenvalue weighted by molar-refractivity contribution is 5.96. The summed E-state index contributed by atoms with van der Waals surface area (Å²) in [6.45, 7) is 1.31. The number of para-hydroxylation sites is 1. The van der Waals surface area contributed by atoms with E-state index in [0.717, 1.165) is 23.8 Å². The summed E-state index contributed by atoms with van der Waals surface area (Å²) in [6, 6.07) is 15.2. The van der Waals surface area contributed by atoms with Crippen LogP contribution in [0.25, 0.3) is 0 Å². The first-order valence-electron chi connectivity index (χ1n) is 10.8. The van der Waals surface area contributed by atoms with Crippen molar-refractivity contribution >= 4 is 18.0 Å². The molecule has 178 valence electrons. The molecule has 0 spiro atoms. The number of aromatic nitrogens is 2. The number of nitrogens with two attached hydrogens (primary N) is 1. The van der Waals surface area contributed by atoms with Crippen molar-refractivity contribution in [3.8, 4) is 5.75 Å². The third-order valence-corrected chi connectivity index (χ3v) is 5.51. The van der Waals surface area contributed by atoms with Gasteiger partial charge in [0.25, 0.3) is 5.91 Å². The van der Waals surface area contributed by atoms with E-state index in [2.05, 4.69) is 20.6 Å². The van der Waals surface area contributed by atoms with E-state index in [-0.39, 0.29) is 17.4 Å². The van der Waals surface area contributed by atoms with Crippen molar-refractivity contribution in [2.24, 2.45) is 0 Å². The van der Waals surface area contributed by atoms with Crippen molar-refractivity contribution < 1.29 is 19.1 Å². The van der Waals surface area contributed by atoms with Gasteiger partial charge in [0.15, 0.2) is 23.4 Å². The monoisotopic (exact) mass is 463 g/mol. The molecule has 0 radical (unpaired) electrons. The molecule has 9 nitrogen and oxygen atoms in total. The second kappa shape index (κ2) is 11.9. The number of anilines is 1. The molecule has 3 aromatic rings. The molecule has 1 aromatic heterocycles. The molecule has 3 rings (SSSR count). The average Bonchev–Trinajstić information content (AvgIpc) is 2.88. The van der Waals surface area contributed by atoms with Gasteiger partial charge in [-0.3, -0.25) is 9.59 Å². The summed E-state index contributed by atoms with van der Waals surface area (Å²) in [5, 5.41) is 6.10. The second-order valence-corrected chi connectivity index (χ2v) is 7.63. The van der Waals surface area contributed by atoms with Gasteiger partial charge in [-0.25, -0.2) is 9.97 Å². The molecule has 0 saturated heterocycles. The highest BCUT2D eigenvalue weighted by Gasteiger charge is 2.34. The van der Waals surface area contributed by atoms with Crippen LogP contribution in [-0.4, -0.2) is 49.5 Å². The fourth-order valence-electron chi connectivity index (χ4n) is 3.55. The summed E-state index contributed by atoms with van der Waals surface area (Å²) in [7, 11) is 3.08. The van der Waals surface area contributed by atoms with Gasteiger partial charge < -0.3 is 25.8 Å². The minimum atomic E-state index is -1.14. The summed E-state index contributed by atoms with van der Waals surface area (Å²) in [5.41, 5.74) is 7.40. The number of carbonyl (C=O) groups excluding carboxylic acids is 2. The van der Waals surface area contributed by atoms with E-state index in [1.807, 2.05) is 42.5 Å². The number of hydrogen-bond acceptors (Lipinski definition) is 8. The molecule has 0 saturated carbocycles. The molecule has 4 N–H and O–H groups in total. The average molecular weight is 464 g/mol. The predicted octanol–water partition coefficient (Wildman–Crippen LogP) is 1.87. The van der Waals surface area contributed by atoms with E-state index in [4.69, 9.17) is 15.2 Å². The lowest BCUT2D eigenvalue weighted by molar-refractivity contribution is -0.128. The van der Waals surface area contributed by atoms with Crippen LogP contribution in [0.15, 0.2) is 60.9 Å². The van der Waals surface area contributed by atoms with Gasteiger partial charge in [0.2, 0.25) is 0 Å². The zero-order valence-corrected chi connectivity index (χ0v) is 19.3. The molecule has 0 fully saturated rings. The van der Waals surface area contributed by atoms with Crippen LogP contribution >= 0.6 is 0 Å². The van der Waals surface area contributed by atoms with Gasteiger partial charge in [0.05, 0.1) is 7.11 Å². The maximum atomic E-state index is 12.2. The number of ether oxygens (including phenoxy) is 2. The quantitative estimate of drug-likeness (QED) is 0.274. The third-order valence-electron chi connectivity index (χ3n) is 5.51. The van der Waals surface area contributed by atoms with Gasteiger partial charge >= 0.3 is 0 Å². The Balaban J connectivity index is 1.51. The first kappa shape index (κ1) is 24.8. The van der Waals surface area contributed by atoms with E-state index >= 15 is 0 Å². The summed E-state index contributed by atoms with van der Waals surface area (Å²) in [5.74, 6) is 0.328. The number of carbonyl (C=O) groups is 2. The van der Waals surface area contributed by atoms with E-state index in [1.54, 1.807) is 13.2 Å². The molecule has 0 bridgehead atoms. The number of methoxy groups -OCH3 is 2. The Bertz CT molecular complexity index is 1110. The molecule has 34 heavy (non-hydrogen) atoms. The first-order valence-corrected chi connectivity index (χ1v) is 10.8. The summed E-state index contributed by atoms with van der Waals surface area (Å²) in [4.78, 5) is 32.0. The predicted molar refractivity (Wildman–Crippen MR) is 128 cm³/mol. The number of nitrogen functional groups attached to an aromatic ring is 1. The molecule has 0 aliphatic heterocycles. The van der Waals surface area contributed by atoms with E-state index < -0.39 is 5.60 Å². The van der Waals surface area contributed by atoms with Crippen molar-refractivity contribution in [3.05, 3.63) is 83.3 Å². The van der Waals surface area contributed by atoms with Crippen molar-refractivity contribution in [1.82, 2.24) is 20.6 Å². The Morgan fingerprint density at radius 1 is 1.06 bits per heavy atom. The summed E-state index contributed by atoms with van der Waals surface area (Å²) < 4.78 is 11.0. The molecular formula is C25H29N5O4. The van der Waals surface area contributed by atoms with Gasteiger partial charge in [-0.05, 0) is 30.2 Å². The molecule has 1 unspecified atom stereocenters. The van der Waals surface area contributed by atoms with Crippen LogP contribution in [-0.2, 0) is 28.1 Å². The molecule has 9 heteroatoms. The molecule has 0 aliphatic carbocycles. The lowest BCUT2D eigenvalue weighted by Gasteiger charge is -2.29. The maximum Gasteiger partial charge on any atom is 0.273 e. The lowest BCUT2D eigenvalue weighted by atomic mass is 9.93. The largest absolute Gasteiger partial charge is 0.496 e. The van der Waals surface area contributed by atoms with E-state index in [0.29, 0.717) is 30.9 Å². The molecule has 1 heterocycles. The van der Waals surface area contributed by atoms with E-state index in [1.165, 1.54) is 19.5 Å². The normalized spacial score (nSPS) is 12.5. The molecule has 1 atom stereocenters. The highest BCUT2D eigenvalue weighted by atomic mass is 16.5. The number of nitrogens with zero attached hydrogens (tertiary/aromatic N) is 2. The standard InChI is InChI=1S/C25H29N5O4/c1-33-21-6-4-3-5-20(21)25(17-31,34-2)16-27-12-11-18-7-9-19(10-8-18)15-30-24(32)22-23(26)29-14-13-28-22/h3-10,13-14,17,27H,11-12,15-16H2,1-2H3,(H2,26,29)(H,30,32). The third kappa shape index (κ3) is 5.94. The van der Waals surface area contributed by atoms with Crippen molar-refractivity contribution in [1.29, 1.82) is 0 Å². The number of benzene rings is 2. The Morgan fingerprint density at radius 3 is 2.44 bits per heavy atom. The van der Waals surface area contributed by atoms with Crippen LogP contribution in [0.5, 0.6) is 5.75 Å². The van der Waals surface area contributed by atoms with Gasteiger partial charge in [0.1, 0.15) is 5.75 Å². The van der Waals surface area contributed by atoms with Crippen LogP contribution in [0.4, 0.5) is 5.82 Å². The van der Waals surface area contributed by atoms with Crippen LogP contribution in [0.1, 0.15) is 27.2 Å². The van der Waals surface area contributed by atoms with Gasteiger partial charge in [-0.15, -0.1) is 0 Å². The number of hydrogen-bond donors (Lipinski definition) is 3. The minimum Gasteiger partial charge on any atom is -0.496 e. The number of amides is 1. The Labute approximate surface area is 198 Å². The van der Waals surface area contributed by atoms with Crippen molar-refractivity contribution in [2.75, 3.05) is 33.0 Å². The van der Waals surface area contributed by atoms with Crippen molar-refractivity contribution in [2.45, 2.75) is 18.6 Å². The Morgan fingerprint density at radius 2 is 1.76 bits per heavy atom. The number of rotatable bonds is 12. The smallest absolute Gasteiger partial charge is 0.273 e. The minimum absolute atomic E-state index is 0.0978. The fourth-order valence-corrected chi connectivity index (χ4v) is 3.55. The van der Waals surface area contributed by atoms with Crippen LogP contribution in [0.3, 0.4) is 0 Å². The second-order valence-electron chi connectivity index (χ2n) is 7.63. The molecule has 0 aliphatic rings.